The van der Waals surface area contributed by atoms with Gasteiger partial charge in [-0.05, 0) is 18.7 Å². The SMILES string of the molecule is CSc1nc(N)nc(-c2ccccc2C)n1. The molecule has 0 radical (unpaired) electrons. The molecule has 1 aromatic carbocycles. The van der Waals surface area contributed by atoms with Gasteiger partial charge in [-0.15, -0.1) is 0 Å². The standard InChI is InChI=1S/C11H12N4S/c1-7-5-3-4-6-8(7)9-13-10(12)15-11(14-9)16-2/h3-6H,1-2H3,(H2,12,13,14,15). The molecule has 0 saturated carbocycles. The molecule has 0 amide bonds. The van der Waals surface area contributed by atoms with E-state index in [1.165, 1.54) is 11.8 Å². The number of nitrogens with zero attached hydrogens (tertiary/aromatic N) is 3. The second-order valence-corrected chi connectivity index (χ2v) is 4.09. The highest BCUT2D eigenvalue weighted by Crippen LogP contribution is 2.21. The molecule has 0 atom stereocenters. The van der Waals surface area contributed by atoms with E-state index in [4.69, 9.17) is 5.73 Å². The number of aromatic nitrogens is 3. The summed E-state index contributed by atoms with van der Waals surface area (Å²) in [7, 11) is 0. The van der Waals surface area contributed by atoms with Crippen LogP contribution in [-0.2, 0) is 0 Å². The van der Waals surface area contributed by atoms with Crippen LogP contribution in [0.3, 0.4) is 0 Å². The van der Waals surface area contributed by atoms with Gasteiger partial charge in [-0.25, -0.2) is 4.98 Å². The Labute approximate surface area is 98.3 Å². The molecule has 0 bridgehead atoms. The van der Waals surface area contributed by atoms with E-state index < -0.39 is 0 Å². The number of benzene rings is 1. The Morgan fingerprint density at radius 2 is 1.88 bits per heavy atom. The number of thioether (sulfide) groups is 1. The summed E-state index contributed by atoms with van der Waals surface area (Å²) in [6.07, 6.45) is 1.91. The smallest absolute Gasteiger partial charge is 0.224 e. The van der Waals surface area contributed by atoms with Crippen molar-refractivity contribution in [2.45, 2.75) is 12.1 Å². The summed E-state index contributed by atoms with van der Waals surface area (Å²) >= 11 is 1.46. The van der Waals surface area contributed by atoms with Crippen LogP contribution in [0.15, 0.2) is 29.4 Å². The third-order valence-electron chi connectivity index (χ3n) is 2.20. The topological polar surface area (TPSA) is 64.7 Å². The summed E-state index contributed by atoms with van der Waals surface area (Å²) in [6, 6.07) is 7.95. The fourth-order valence-electron chi connectivity index (χ4n) is 1.41. The molecule has 0 unspecified atom stereocenters. The second-order valence-electron chi connectivity index (χ2n) is 3.32. The Bertz CT molecular complexity index is 513. The van der Waals surface area contributed by atoms with Gasteiger partial charge in [0.15, 0.2) is 11.0 Å². The van der Waals surface area contributed by atoms with Gasteiger partial charge < -0.3 is 5.73 Å². The number of nitrogens with two attached hydrogens (primary N) is 1. The highest BCUT2D eigenvalue weighted by Gasteiger charge is 2.07. The van der Waals surface area contributed by atoms with Crippen molar-refractivity contribution in [2.24, 2.45) is 0 Å². The molecule has 1 heterocycles. The maximum Gasteiger partial charge on any atom is 0.224 e. The molecule has 2 aromatic rings. The molecule has 0 spiro atoms. The first-order valence-electron chi connectivity index (χ1n) is 4.82. The van der Waals surface area contributed by atoms with Gasteiger partial charge in [-0.1, -0.05) is 36.0 Å². The lowest BCUT2D eigenvalue weighted by Crippen LogP contribution is -2.01. The first kappa shape index (κ1) is 10.9. The predicted octanol–water partition coefficient (Wildman–Crippen LogP) is 2.15. The van der Waals surface area contributed by atoms with Gasteiger partial charge in [0, 0.05) is 5.56 Å². The molecular weight excluding hydrogens is 220 g/mol. The summed E-state index contributed by atoms with van der Waals surface area (Å²) in [5.41, 5.74) is 7.76. The molecule has 2 N–H and O–H groups in total. The highest BCUT2D eigenvalue weighted by atomic mass is 32.2. The second kappa shape index (κ2) is 4.49. The molecule has 0 aliphatic carbocycles. The van der Waals surface area contributed by atoms with Crippen molar-refractivity contribution in [3.63, 3.8) is 0 Å². The lowest BCUT2D eigenvalue weighted by molar-refractivity contribution is 0.926. The predicted molar refractivity (Wildman–Crippen MR) is 66.2 cm³/mol. The first-order chi connectivity index (χ1) is 7.70. The van der Waals surface area contributed by atoms with Crippen molar-refractivity contribution < 1.29 is 0 Å². The molecule has 82 valence electrons. The number of hydrogen-bond donors (Lipinski definition) is 1. The van der Waals surface area contributed by atoms with Crippen LogP contribution in [0.25, 0.3) is 11.4 Å². The van der Waals surface area contributed by atoms with Crippen molar-refractivity contribution in [3.8, 4) is 11.4 Å². The summed E-state index contributed by atoms with van der Waals surface area (Å²) in [5, 5.41) is 0.644. The Morgan fingerprint density at radius 1 is 1.12 bits per heavy atom. The molecule has 0 aliphatic heterocycles. The normalized spacial score (nSPS) is 10.4. The lowest BCUT2D eigenvalue weighted by Gasteiger charge is -2.05. The van der Waals surface area contributed by atoms with Crippen LogP contribution in [0.2, 0.25) is 0 Å². The van der Waals surface area contributed by atoms with E-state index in [1.807, 2.05) is 37.4 Å². The minimum absolute atomic E-state index is 0.262. The van der Waals surface area contributed by atoms with Gasteiger partial charge in [0.25, 0.3) is 0 Å². The number of anilines is 1. The molecule has 16 heavy (non-hydrogen) atoms. The molecule has 2 rings (SSSR count). The summed E-state index contributed by atoms with van der Waals surface area (Å²) in [5.74, 6) is 0.896. The largest absolute Gasteiger partial charge is 0.368 e. The van der Waals surface area contributed by atoms with Crippen molar-refractivity contribution in [1.29, 1.82) is 0 Å². The van der Waals surface area contributed by atoms with Gasteiger partial charge >= 0.3 is 0 Å². The van der Waals surface area contributed by atoms with Crippen molar-refractivity contribution in [2.75, 3.05) is 12.0 Å². The average Bonchev–Trinajstić information content (AvgIpc) is 2.28. The Kier molecular flexibility index (Phi) is 3.05. The molecule has 5 heteroatoms. The summed E-state index contributed by atoms with van der Waals surface area (Å²) in [4.78, 5) is 12.5. The van der Waals surface area contributed by atoms with Crippen LogP contribution in [0.4, 0.5) is 5.95 Å². The number of rotatable bonds is 2. The quantitative estimate of drug-likeness (QED) is 0.804. The van der Waals surface area contributed by atoms with Gasteiger partial charge in [0.05, 0.1) is 0 Å². The zero-order valence-corrected chi connectivity index (χ0v) is 9.95. The van der Waals surface area contributed by atoms with Crippen molar-refractivity contribution in [1.82, 2.24) is 15.0 Å². The average molecular weight is 232 g/mol. The highest BCUT2D eigenvalue weighted by molar-refractivity contribution is 7.98. The molecule has 0 aliphatic rings. The molecule has 1 aromatic heterocycles. The van der Waals surface area contributed by atoms with E-state index in [0.717, 1.165) is 11.1 Å². The van der Waals surface area contributed by atoms with Crippen LogP contribution in [-0.4, -0.2) is 21.2 Å². The third-order valence-corrected chi connectivity index (χ3v) is 2.75. The molecule has 4 nitrogen and oxygen atoms in total. The number of nitrogen functional groups attached to an aromatic ring is 1. The maximum atomic E-state index is 5.65. The van der Waals surface area contributed by atoms with E-state index >= 15 is 0 Å². The van der Waals surface area contributed by atoms with Gasteiger partial charge in [0.1, 0.15) is 0 Å². The number of hydrogen-bond acceptors (Lipinski definition) is 5. The van der Waals surface area contributed by atoms with Crippen LogP contribution >= 0.6 is 11.8 Å². The minimum atomic E-state index is 0.262. The minimum Gasteiger partial charge on any atom is -0.368 e. The monoisotopic (exact) mass is 232 g/mol. The summed E-state index contributed by atoms with van der Waals surface area (Å²) < 4.78 is 0. The molecular formula is C11H12N4S. The maximum absolute atomic E-state index is 5.65. The summed E-state index contributed by atoms with van der Waals surface area (Å²) in [6.45, 7) is 2.02. The zero-order chi connectivity index (χ0) is 11.5. The van der Waals surface area contributed by atoms with Gasteiger partial charge in [-0.2, -0.15) is 9.97 Å². The van der Waals surface area contributed by atoms with Crippen LogP contribution in [0, 0.1) is 6.92 Å². The Hall–Kier alpha value is -1.62. The Balaban J connectivity index is 2.56. The van der Waals surface area contributed by atoms with E-state index in [2.05, 4.69) is 15.0 Å². The van der Waals surface area contributed by atoms with Crippen LogP contribution in [0.1, 0.15) is 5.56 Å². The van der Waals surface area contributed by atoms with E-state index in [0.29, 0.717) is 11.0 Å². The van der Waals surface area contributed by atoms with E-state index in [-0.39, 0.29) is 5.95 Å². The lowest BCUT2D eigenvalue weighted by atomic mass is 10.1. The van der Waals surface area contributed by atoms with Gasteiger partial charge in [-0.3, -0.25) is 0 Å². The Morgan fingerprint density at radius 3 is 2.56 bits per heavy atom. The fraction of sp³-hybridized carbons (Fsp3) is 0.182. The molecule has 0 fully saturated rings. The first-order valence-corrected chi connectivity index (χ1v) is 6.04. The van der Waals surface area contributed by atoms with E-state index in [1.54, 1.807) is 0 Å². The van der Waals surface area contributed by atoms with Crippen molar-refractivity contribution >= 4 is 17.7 Å². The fourth-order valence-corrected chi connectivity index (χ4v) is 1.77. The van der Waals surface area contributed by atoms with E-state index in [9.17, 15) is 0 Å². The third kappa shape index (κ3) is 2.14. The van der Waals surface area contributed by atoms with Crippen LogP contribution < -0.4 is 5.73 Å². The van der Waals surface area contributed by atoms with Gasteiger partial charge in [0.2, 0.25) is 5.95 Å². The van der Waals surface area contributed by atoms with Crippen molar-refractivity contribution in [3.05, 3.63) is 29.8 Å². The zero-order valence-electron chi connectivity index (χ0n) is 9.14. The van der Waals surface area contributed by atoms with Crippen LogP contribution in [0.5, 0.6) is 0 Å². The number of aryl methyl sites for hydroxylation is 1. The molecule has 0 saturated heterocycles.